The molecular weight excluding hydrogens is 366 g/mol. The van der Waals surface area contributed by atoms with Crippen LogP contribution in [0.15, 0.2) is 14.7 Å². The summed E-state index contributed by atoms with van der Waals surface area (Å²) >= 11 is 3.99. The molecule has 0 unspecified atom stereocenters. The van der Waals surface area contributed by atoms with Crippen molar-refractivity contribution in [1.29, 1.82) is 0 Å². The van der Waals surface area contributed by atoms with Crippen LogP contribution in [0.25, 0.3) is 0 Å². The van der Waals surface area contributed by atoms with Gasteiger partial charge in [0, 0.05) is 6.54 Å². The van der Waals surface area contributed by atoms with Crippen molar-refractivity contribution in [2.75, 3.05) is 6.54 Å². The first-order chi connectivity index (χ1) is 8.97. The van der Waals surface area contributed by atoms with Crippen molar-refractivity contribution in [3.63, 3.8) is 0 Å². The van der Waals surface area contributed by atoms with Crippen LogP contribution in [0.3, 0.4) is 0 Å². The molecule has 1 aromatic rings. The Morgan fingerprint density at radius 1 is 1.50 bits per heavy atom. The minimum Gasteiger partial charge on any atom is -0.477 e. The summed E-state index contributed by atoms with van der Waals surface area (Å²) in [6, 6.07) is 1.17. The number of nitrogens with one attached hydrogen (secondary N) is 1. The molecule has 0 spiro atoms. The monoisotopic (exact) mass is 383 g/mol. The Balaban J connectivity index is 2.98. The molecule has 0 saturated carbocycles. The smallest absolute Gasteiger partial charge is 0.345 e. The SMILES string of the molecule is CC(C)C(C)(C)CNS(=O)(=O)c1cc(C(=O)O)sc1Br. The van der Waals surface area contributed by atoms with Crippen molar-refractivity contribution in [3.05, 3.63) is 14.7 Å². The lowest BCUT2D eigenvalue weighted by atomic mass is 9.81. The van der Waals surface area contributed by atoms with Gasteiger partial charge in [-0.1, -0.05) is 27.7 Å². The molecule has 0 atom stereocenters. The van der Waals surface area contributed by atoms with Crippen molar-refractivity contribution in [3.8, 4) is 0 Å². The average molecular weight is 384 g/mol. The zero-order chi connectivity index (χ0) is 15.7. The molecule has 1 aromatic heterocycles. The van der Waals surface area contributed by atoms with Crippen LogP contribution in [0.2, 0.25) is 0 Å². The van der Waals surface area contributed by atoms with Crippen LogP contribution >= 0.6 is 27.3 Å². The number of rotatable bonds is 6. The second kappa shape index (κ2) is 6.13. The number of carbonyl (C=O) groups is 1. The first-order valence-electron chi connectivity index (χ1n) is 5.99. The predicted molar refractivity (Wildman–Crippen MR) is 82.8 cm³/mol. The molecule has 5 nitrogen and oxygen atoms in total. The summed E-state index contributed by atoms with van der Waals surface area (Å²) in [5, 5.41) is 8.89. The molecule has 20 heavy (non-hydrogen) atoms. The van der Waals surface area contributed by atoms with Crippen molar-refractivity contribution in [1.82, 2.24) is 4.72 Å². The van der Waals surface area contributed by atoms with Gasteiger partial charge in [0.1, 0.15) is 9.77 Å². The molecule has 0 saturated heterocycles. The molecule has 0 aliphatic heterocycles. The average Bonchev–Trinajstić information content (AvgIpc) is 2.70. The second-order valence-corrected chi connectivity index (χ2v) is 9.63. The summed E-state index contributed by atoms with van der Waals surface area (Å²) in [4.78, 5) is 10.8. The summed E-state index contributed by atoms with van der Waals surface area (Å²) in [6.45, 7) is 8.30. The fourth-order valence-corrected chi connectivity index (χ4v) is 4.83. The Labute approximate surface area is 131 Å². The maximum absolute atomic E-state index is 12.2. The van der Waals surface area contributed by atoms with Crippen molar-refractivity contribution in [2.45, 2.75) is 32.6 Å². The number of carboxylic acids is 1. The summed E-state index contributed by atoms with van der Waals surface area (Å²) in [6.07, 6.45) is 0. The van der Waals surface area contributed by atoms with Gasteiger partial charge in [0.05, 0.1) is 3.79 Å². The molecule has 0 aliphatic rings. The van der Waals surface area contributed by atoms with E-state index in [-0.39, 0.29) is 21.7 Å². The number of thiophene rings is 1. The van der Waals surface area contributed by atoms with Gasteiger partial charge in [-0.2, -0.15) is 0 Å². The number of sulfonamides is 1. The Kier molecular flexibility index (Phi) is 5.40. The summed E-state index contributed by atoms with van der Waals surface area (Å²) in [7, 11) is -3.72. The standard InChI is InChI=1S/C12H18BrNO4S2/c1-7(2)12(3,4)6-14-20(17,18)9-5-8(11(15)16)19-10(9)13/h5,7,14H,6H2,1-4H3,(H,15,16). The number of halogens is 1. The van der Waals surface area contributed by atoms with Gasteiger partial charge in [0.2, 0.25) is 10.0 Å². The Morgan fingerprint density at radius 2 is 2.05 bits per heavy atom. The van der Waals surface area contributed by atoms with Crippen LogP contribution in [0, 0.1) is 11.3 Å². The third-order valence-corrected chi connectivity index (χ3v) is 7.08. The Hall–Kier alpha value is -0.440. The maximum atomic E-state index is 12.2. The van der Waals surface area contributed by atoms with E-state index in [4.69, 9.17) is 5.11 Å². The van der Waals surface area contributed by atoms with Crippen LogP contribution in [0.4, 0.5) is 0 Å². The van der Waals surface area contributed by atoms with E-state index in [9.17, 15) is 13.2 Å². The predicted octanol–water partition coefficient (Wildman–Crippen LogP) is 3.17. The van der Waals surface area contributed by atoms with Crippen molar-refractivity contribution in [2.24, 2.45) is 11.3 Å². The van der Waals surface area contributed by atoms with Crippen molar-refractivity contribution >= 4 is 43.3 Å². The molecule has 0 bridgehead atoms. The van der Waals surface area contributed by atoms with Gasteiger partial charge < -0.3 is 5.11 Å². The highest BCUT2D eigenvalue weighted by Crippen LogP contribution is 2.32. The largest absolute Gasteiger partial charge is 0.477 e. The van der Waals surface area contributed by atoms with E-state index in [1.54, 1.807) is 0 Å². The lowest BCUT2D eigenvalue weighted by Gasteiger charge is -2.29. The fraction of sp³-hybridized carbons (Fsp3) is 0.583. The minimum atomic E-state index is -3.72. The third kappa shape index (κ3) is 4.03. The normalized spacial score (nSPS) is 12.9. The quantitative estimate of drug-likeness (QED) is 0.789. The minimum absolute atomic E-state index is 0.0135. The highest BCUT2D eigenvalue weighted by atomic mass is 79.9. The van der Waals surface area contributed by atoms with E-state index in [0.717, 1.165) is 11.3 Å². The molecule has 0 fully saturated rings. The van der Waals surface area contributed by atoms with Gasteiger partial charge in [0.15, 0.2) is 0 Å². The molecule has 8 heteroatoms. The highest BCUT2D eigenvalue weighted by molar-refractivity contribution is 9.11. The third-order valence-electron chi connectivity index (χ3n) is 3.44. The second-order valence-electron chi connectivity index (χ2n) is 5.52. The summed E-state index contributed by atoms with van der Waals surface area (Å²) in [5.41, 5.74) is -0.189. The van der Waals surface area contributed by atoms with E-state index in [0.29, 0.717) is 9.70 Å². The molecule has 0 aliphatic carbocycles. The van der Waals surface area contributed by atoms with Crippen LogP contribution in [-0.4, -0.2) is 26.0 Å². The molecule has 1 heterocycles. The topological polar surface area (TPSA) is 83.5 Å². The first kappa shape index (κ1) is 17.6. The van der Waals surface area contributed by atoms with Crippen LogP contribution in [0.1, 0.15) is 37.4 Å². The van der Waals surface area contributed by atoms with E-state index in [2.05, 4.69) is 20.7 Å². The van der Waals surface area contributed by atoms with Crippen LogP contribution in [-0.2, 0) is 10.0 Å². The van der Waals surface area contributed by atoms with E-state index >= 15 is 0 Å². The number of hydrogen-bond donors (Lipinski definition) is 2. The Morgan fingerprint density at radius 3 is 2.45 bits per heavy atom. The van der Waals surface area contributed by atoms with E-state index in [1.165, 1.54) is 6.07 Å². The lowest BCUT2D eigenvalue weighted by Crippen LogP contribution is -2.36. The summed E-state index contributed by atoms with van der Waals surface area (Å²) in [5.74, 6) is -0.828. The Bertz CT molecular complexity index is 605. The lowest BCUT2D eigenvalue weighted by molar-refractivity contribution is 0.0702. The van der Waals surface area contributed by atoms with Gasteiger partial charge in [0.25, 0.3) is 0 Å². The summed E-state index contributed by atoms with van der Waals surface area (Å²) < 4.78 is 27.3. The zero-order valence-corrected chi connectivity index (χ0v) is 14.9. The zero-order valence-electron chi connectivity index (χ0n) is 11.7. The molecule has 1 rings (SSSR count). The van der Waals surface area contributed by atoms with Gasteiger partial charge in [-0.25, -0.2) is 17.9 Å². The van der Waals surface area contributed by atoms with Crippen LogP contribution < -0.4 is 4.72 Å². The molecule has 114 valence electrons. The maximum Gasteiger partial charge on any atom is 0.345 e. The molecular formula is C12H18BrNO4S2. The van der Waals surface area contributed by atoms with Gasteiger partial charge in [-0.3, -0.25) is 0 Å². The molecule has 2 N–H and O–H groups in total. The first-order valence-corrected chi connectivity index (χ1v) is 9.09. The number of hydrogen-bond acceptors (Lipinski definition) is 4. The van der Waals surface area contributed by atoms with Crippen molar-refractivity contribution < 1.29 is 18.3 Å². The van der Waals surface area contributed by atoms with Gasteiger partial charge >= 0.3 is 5.97 Å². The van der Waals surface area contributed by atoms with Gasteiger partial charge in [-0.15, -0.1) is 11.3 Å². The molecule has 0 radical (unpaired) electrons. The number of carboxylic acid groups (broad SMARTS) is 1. The van der Waals surface area contributed by atoms with E-state index < -0.39 is 16.0 Å². The van der Waals surface area contributed by atoms with E-state index in [1.807, 2.05) is 27.7 Å². The van der Waals surface area contributed by atoms with Gasteiger partial charge in [-0.05, 0) is 33.3 Å². The van der Waals surface area contributed by atoms with Crippen LogP contribution in [0.5, 0.6) is 0 Å². The fourth-order valence-electron chi connectivity index (χ4n) is 1.20. The highest BCUT2D eigenvalue weighted by Gasteiger charge is 2.28. The molecule has 0 amide bonds. The molecule has 0 aromatic carbocycles. The number of aromatic carboxylic acids is 1.